The van der Waals surface area contributed by atoms with Crippen LogP contribution in [0.15, 0.2) is 36.4 Å². The van der Waals surface area contributed by atoms with Crippen LogP contribution in [-0.4, -0.2) is 54.9 Å². The summed E-state index contributed by atoms with van der Waals surface area (Å²) in [6, 6.07) is 11.6. The minimum Gasteiger partial charge on any atom is -0.493 e. The zero-order chi connectivity index (χ0) is 22.7. The Labute approximate surface area is 188 Å². The standard InChI is InChI=1S/C24H30N4O4/c1-16-25-19-7-5-6-8-20(19)28(16)15-17-9-11-27(12-10-17)24(29)26-18-13-21(30-2)23(32-4)22(14-18)31-3/h5-8,13-14,17H,9-12,15H2,1-4H3,(H,26,29). The molecule has 0 radical (unpaired) electrons. The highest BCUT2D eigenvalue weighted by atomic mass is 16.5. The molecular weight excluding hydrogens is 408 g/mol. The first-order chi connectivity index (χ1) is 15.5. The predicted octanol–water partition coefficient (Wildman–Crippen LogP) is 4.31. The van der Waals surface area contributed by atoms with Gasteiger partial charge in [-0.15, -0.1) is 0 Å². The second-order valence-electron chi connectivity index (χ2n) is 8.03. The Morgan fingerprint density at radius 2 is 1.72 bits per heavy atom. The Balaban J connectivity index is 1.38. The largest absolute Gasteiger partial charge is 0.493 e. The molecule has 2 aromatic carbocycles. The van der Waals surface area contributed by atoms with Gasteiger partial charge in [0.25, 0.3) is 0 Å². The minimum absolute atomic E-state index is 0.123. The van der Waals surface area contributed by atoms with Gasteiger partial charge in [-0.25, -0.2) is 9.78 Å². The maximum absolute atomic E-state index is 12.9. The lowest BCUT2D eigenvalue weighted by Gasteiger charge is -2.32. The summed E-state index contributed by atoms with van der Waals surface area (Å²) < 4.78 is 18.4. The highest BCUT2D eigenvalue weighted by Gasteiger charge is 2.25. The number of rotatable bonds is 6. The van der Waals surface area contributed by atoms with Crippen LogP contribution in [0.3, 0.4) is 0 Å². The molecule has 0 atom stereocenters. The molecule has 0 bridgehead atoms. The molecule has 32 heavy (non-hydrogen) atoms. The Kier molecular flexibility index (Phi) is 6.39. The summed E-state index contributed by atoms with van der Waals surface area (Å²) in [5, 5.41) is 2.96. The van der Waals surface area contributed by atoms with Crippen molar-refractivity contribution in [1.29, 1.82) is 0 Å². The third-order valence-electron chi connectivity index (χ3n) is 6.10. The lowest BCUT2D eigenvalue weighted by Crippen LogP contribution is -2.41. The number of carbonyl (C=O) groups excluding carboxylic acids is 1. The number of aryl methyl sites for hydroxylation is 1. The maximum Gasteiger partial charge on any atom is 0.321 e. The molecule has 1 aliphatic heterocycles. The van der Waals surface area contributed by atoms with E-state index >= 15 is 0 Å². The Morgan fingerprint density at radius 3 is 2.34 bits per heavy atom. The lowest BCUT2D eigenvalue weighted by molar-refractivity contribution is 0.177. The van der Waals surface area contributed by atoms with Gasteiger partial charge in [-0.3, -0.25) is 0 Å². The van der Waals surface area contributed by atoms with Crippen LogP contribution >= 0.6 is 0 Å². The Hall–Kier alpha value is -3.42. The summed E-state index contributed by atoms with van der Waals surface area (Å²) in [6.45, 7) is 4.41. The fraction of sp³-hybridized carbons (Fsp3) is 0.417. The lowest BCUT2D eigenvalue weighted by atomic mass is 9.96. The van der Waals surface area contributed by atoms with Crippen LogP contribution in [0.25, 0.3) is 11.0 Å². The number of likely N-dealkylation sites (tertiary alicyclic amines) is 1. The van der Waals surface area contributed by atoms with Crippen molar-refractivity contribution < 1.29 is 19.0 Å². The number of carbonyl (C=O) groups is 1. The number of anilines is 1. The van der Waals surface area contributed by atoms with Gasteiger partial charge in [-0.05, 0) is 37.8 Å². The van der Waals surface area contributed by atoms with Crippen LogP contribution in [0, 0.1) is 12.8 Å². The van der Waals surface area contributed by atoms with Crippen LogP contribution in [0.2, 0.25) is 0 Å². The van der Waals surface area contributed by atoms with E-state index in [0.717, 1.165) is 30.7 Å². The van der Waals surface area contributed by atoms with Crippen molar-refractivity contribution in [2.24, 2.45) is 5.92 Å². The number of ether oxygens (including phenoxy) is 3. The van der Waals surface area contributed by atoms with E-state index in [9.17, 15) is 4.79 Å². The van der Waals surface area contributed by atoms with Crippen LogP contribution in [-0.2, 0) is 6.54 Å². The van der Waals surface area contributed by atoms with Gasteiger partial charge in [-0.2, -0.15) is 0 Å². The van der Waals surface area contributed by atoms with Crippen molar-refractivity contribution in [3.8, 4) is 17.2 Å². The van der Waals surface area contributed by atoms with E-state index in [1.54, 1.807) is 33.5 Å². The molecule has 0 aliphatic carbocycles. The van der Waals surface area contributed by atoms with Gasteiger partial charge in [0.2, 0.25) is 5.75 Å². The first kappa shape index (κ1) is 21.8. The predicted molar refractivity (Wildman–Crippen MR) is 124 cm³/mol. The highest BCUT2D eigenvalue weighted by molar-refractivity contribution is 5.90. The van der Waals surface area contributed by atoms with Crippen molar-refractivity contribution in [3.63, 3.8) is 0 Å². The van der Waals surface area contributed by atoms with Crippen LogP contribution in [0.5, 0.6) is 17.2 Å². The van der Waals surface area contributed by atoms with Gasteiger partial charge in [0, 0.05) is 31.8 Å². The molecule has 3 aromatic rings. The fourth-order valence-corrected chi connectivity index (χ4v) is 4.36. The second kappa shape index (κ2) is 9.38. The van der Waals surface area contributed by atoms with Crippen molar-refractivity contribution in [2.45, 2.75) is 26.3 Å². The molecule has 2 heterocycles. The Morgan fingerprint density at radius 1 is 1.06 bits per heavy atom. The number of amides is 2. The molecule has 0 spiro atoms. The number of aromatic nitrogens is 2. The van der Waals surface area contributed by atoms with Crippen molar-refractivity contribution in [2.75, 3.05) is 39.7 Å². The molecule has 1 aromatic heterocycles. The number of para-hydroxylation sites is 2. The van der Waals surface area contributed by atoms with Gasteiger partial charge < -0.3 is 29.0 Å². The van der Waals surface area contributed by atoms with Crippen LogP contribution < -0.4 is 19.5 Å². The van der Waals surface area contributed by atoms with Crippen molar-refractivity contribution in [1.82, 2.24) is 14.5 Å². The topological polar surface area (TPSA) is 77.9 Å². The molecule has 0 saturated carbocycles. The summed E-state index contributed by atoms with van der Waals surface area (Å²) in [6.07, 6.45) is 1.91. The number of benzene rings is 2. The zero-order valence-electron chi connectivity index (χ0n) is 19.1. The molecule has 170 valence electrons. The maximum atomic E-state index is 12.9. The molecule has 1 saturated heterocycles. The van der Waals surface area contributed by atoms with E-state index in [-0.39, 0.29) is 6.03 Å². The van der Waals surface area contributed by atoms with Gasteiger partial charge in [0.15, 0.2) is 11.5 Å². The average Bonchev–Trinajstić information content (AvgIpc) is 3.13. The first-order valence-corrected chi connectivity index (χ1v) is 10.8. The number of urea groups is 1. The number of piperidine rings is 1. The summed E-state index contributed by atoms with van der Waals surface area (Å²) in [5.41, 5.74) is 2.81. The van der Waals surface area contributed by atoms with Crippen LogP contribution in [0.4, 0.5) is 10.5 Å². The molecule has 4 rings (SSSR count). The first-order valence-electron chi connectivity index (χ1n) is 10.8. The molecule has 0 unspecified atom stereocenters. The summed E-state index contributed by atoms with van der Waals surface area (Å²) in [4.78, 5) is 19.4. The second-order valence-corrected chi connectivity index (χ2v) is 8.03. The smallest absolute Gasteiger partial charge is 0.321 e. The van der Waals surface area contributed by atoms with Gasteiger partial charge in [0.1, 0.15) is 5.82 Å². The molecule has 8 nitrogen and oxygen atoms in total. The number of nitrogens with zero attached hydrogens (tertiary/aromatic N) is 3. The molecule has 1 fully saturated rings. The number of nitrogens with one attached hydrogen (secondary N) is 1. The summed E-state index contributed by atoms with van der Waals surface area (Å²) in [5.74, 6) is 3.05. The highest BCUT2D eigenvalue weighted by Crippen LogP contribution is 2.40. The fourth-order valence-electron chi connectivity index (χ4n) is 4.36. The summed E-state index contributed by atoms with van der Waals surface area (Å²) >= 11 is 0. The monoisotopic (exact) mass is 438 g/mol. The minimum atomic E-state index is -0.123. The van der Waals surface area contributed by atoms with E-state index in [2.05, 4.69) is 40.0 Å². The number of hydrogen-bond donors (Lipinski definition) is 1. The quantitative estimate of drug-likeness (QED) is 0.620. The summed E-state index contributed by atoms with van der Waals surface area (Å²) in [7, 11) is 4.66. The van der Waals surface area contributed by atoms with E-state index < -0.39 is 0 Å². The Bertz CT molecular complexity index is 1080. The zero-order valence-corrected chi connectivity index (χ0v) is 19.1. The van der Waals surface area contributed by atoms with E-state index in [0.29, 0.717) is 41.9 Å². The SMILES string of the molecule is COc1cc(NC(=O)N2CCC(Cn3c(C)nc4ccccc43)CC2)cc(OC)c1OC. The molecule has 2 amide bonds. The third kappa shape index (κ3) is 4.30. The van der Waals surface area contributed by atoms with E-state index in [1.807, 2.05) is 11.0 Å². The number of hydrogen-bond acceptors (Lipinski definition) is 5. The van der Waals surface area contributed by atoms with Gasteiger partial charge in [0.05, 0.1) is 38.1 Å². The van der Waals surface area contributed by atoms with E-state index in [1.165, 1.54) is 5.52 Å². The molecule has 8 heteroatoms. The van der Waals surface area contributed by atoms with Crippen molar-refractivity contribution >= 4 is 22.8 Å². The number of imidazole rings is 1. The molecular formula is C24H30N4O4. The van der Waals surface area contributed by atoms with Gasteiger partial charge in [-0.1, -0.05) is 12.1 Å². The molecule has 1 aliphatic rings. The molecule has 1 N–H and O–H groups in total. The van der Waals surface area contributed by atoms with Crippen molar-refractivity contribution in [3.05, 3.63) is 42.2 Å². The average molecular weight is 439 g/mol. The number of fused-ring (bicyclic) bond motifs is 1. The van der Waals surface area contributed by atoms with E-state index in [4.69, 9.17) is 14.2 Å². The van der Waals surface area contributed by atoms with Crippen LogP contribution in [0.1, 0.15) is 18.7 Å². The number of methoxy groups -OCH3 is 3. The normalized spacial score (nSPS) is 14.4. The van der Waals surface area contributed by atoms with Gasteiger partial charge >= 0.3 is 6.03 Å². The third-order valence-corrected chi connectivity index (χ3v) is 6.10.